The van der Waals surface area contributed by atoms with Gasteiger partial charge in [-0.2, -0.15) is 15.0 Å². The topological polar surface area (TPSA) is 111 Å². The molecule has 0 radical (unpaired) electrons. The van der Waals surface area contributed by atoms with E-state index in [-0.39, 0.29) is 6.01 Å². The summed E-state index contributed by atoms with van der Waals surface area (Å²) >= 11 is 0. The monoisotopic (exact) mass is 363 g/mol. The van der Waals surface area contributed by atoms with Crippen molar-refractivity contribution in [2.75, 3.05) is 17.2 Å². The fourth-order valence-electron chi connectivity index (χ4n) is 2.43. The first-order valence-corrected chi connectivity index (χ1v) is 8.43. The third-order valence-electron chi connectivity index (χ3n) is 3.61. The molecule has 0 aliphatic heterocycles. The Morgan fingerprint density at radius 2 is 1.85 bits per heavy atom. The highest BCUT2D eigenvalue weighted by Crippen LogP contribution is 2.20. The number of rotatable bonds is 7. The van der Waals surface area contributed by atoms with E-state index in [1.165, 1.54) is 0 Å². The minimum atomic E-state index is 0.234. The van der Waals surface area contributed by atoms with Crippen LogP contribution in [0, 0.1) is 0 Å². The second-order valence-corrected chi connectivity index (χ2v) is 5.52. The number of anilines is 3. The Bertz CT molecular complexity index is 1040. The van der Waals surface area contributed by atoms with Crippen molar-refractivity contribution in [1.29, 1.82) is 0 Å². The van der Waals surface area contributed by atoms with Gasteiger partial charge in [0.05, 0.1) is 30.4 Å². The van der Waals surface area contributed by atoms with Crippen LogP contribution in [0.25, 0.3) is 11.0 Å². The van der Waals surface area contributed by atoms with Crippen molar-refractivity contribution in [3.8, 4) is 6.01 Å². The summed E-state index contributed by atoms with van der Waals surface area (Å²) in [4.78, 5) is 21.5. The first-order chi connectivity index (χ1) is 13.3. The Hall–Kier alpha value is -3.75. The zero-order valence-corrected chi connectivity index (χ0v) is 14.6. The fraction of sp³-hybridized carbons (Fsp3) is 0.167. The van der Waals surface area contributed by atoms with E-state index in [0.29, 0.717) is 25.0 Å². The van der Waals surface area contributed by atoms with Crippen molar-refractivity contribution < 1.29 is 9.15 Å². The van der Waals surface area contributed by atoms with E-state index in [4.69, 9.17) is 9.15 Å². The van der Waals surface area contributed by atoms with Gasteiger partial charge >= 0.3 is 6.01 Å². The van der Waals surface area contributed by atoms with E-state index >= 15 is 0 Å². The fourth-order valence-corrected chi connectivity index (χ4v) is 2.43. The van der Waals surface area contributed by atoms with Crippen LogP contribution in [0.15, 0.2) is 53.4 Å². The van der Waals surface area contributed by atoms with Crippen LogP contribution in [-0.2, 0) is 6.54 Å². The van der Waals surface area contributed by atoms with Crippen LogP contribution in [0.4, 0.5) is 17.6 Å². The molecule has 0 saturated heterocycles. The van der Waals surface area contributed by atoms with Gasteiger partial charge in [0.25, 0.3) is 0 Å². The van der Waals surface area contributed by atoms with Crippen molar-refractivity contribution in [3.05, 3.63) is 54.7 Å². The molecular weight excluding hydrogens is 346 g/mol. The molecule has 2 N–H and O–H groups in total. The van der Waals surface area contributed by atoms with Crippen molar-refractivity contribution in [2.45, 2.75) is 13.5 Å². The molecule has 4 rings (SSSR count). The molecule has 136 valence electrons. The van der Waals surface area contributed by atoms with Gasteiger partial charge in [-0.15, -0.1) is 0 Å². The van der Waals surface area contributed by atoms with Gasteiger partial charge in [-0.3, -0.25) is 9.97 Å². The van der Waals surface area contributed by atoms with Crippen LogP contribution >= 0.6 is 0 Å². The summed E-state index contributed by atoms with van der Waals surface area (Å²) in [7, 11) is 0. The summed E-state index contributed by atoms with van der Waals surface area (Å²) in [6.45, 7) is 2.77. The number of fused-ring (bicyclic) bond motifs is 1. The van der Waals surface area contributed by atoms with Crippen LogP contribution in [-0.4, -0.2) is 31.5 Å². The Balaban J connectivity index is 1.57. The summed E-state index contributed by atoms with van der Waals surface area (Å²) in [5.41, 5.74) is 2.38. The SMILES string of the molecule is CCOc1nc(NCc2ccco2)nc(Nc2ccc3nccnc3c2)n1. The van der Waals surface area contributed by atoms with Crippen molar-refractivity contribution in [1.82, 2.24) is 24.9 Å². The van der Waals surface area contributed by atoms with Gasteiger partial charge in [0.15, 0.2) is 0 Å². The molecule has 0 atom stereocenters. The van der Waals surface area contributed by atoms with Crippen LogP contribution in [0.5, 0.6) is 6.01 Å². The number of hydrogen-bond acceptors (Lipinski definition) is 9. The Morgan fingerprint density at radius 3 is 2.67 bits per heavy atom. The number of hydrogen-bond donors (Lipinski definition) is 2. The standard InChI is InChI=1S/C18H17N7O2/c1-2-26-18-24-16(21-11-13-4-3-9-27-13)23-17(25-18)22-12-5-6-14-15(10-12)20-8-7-19-14/h3-10H,2,11H2,1H3,(H2,21,22,23,24,25). The predicted octanol–water partition coefficient (Wildman–Crippen LogP) is 3.16. The Morgan fingerprint density at radius 1 is 1.00 bits per heavy atom. The lowest BCUT2D eigenvalue weighted by atomic mass is 10.2. The molecule has 0 saturated carbocycles. The second-order valence-electron chi connectivity index (χ2n) is 5.52. The maximum Gasteiger partial charge on any atom is 0.323 e. The number of ether oxygens (including phenoxy) is 1. The average Bonchev–Trinajstić information content (AvgIpc) is 3.20. The molecule has 0 aliphatic rings. The van der Waals surface area contributed by atoms with Crippen LogP contribution in [0.2, 0.25) is 0 Å². The van der Waals surface area contributed by atoms with E-state index < -0.39 is 0 Å². The molecule has 1 aromatic carbocycles. The maximum atomic E-state index is 5.44. The second kappa shape index (κ2) is 7.65. The molecular formula is C18H17N7O2. The first-order valence-electron chi connectivity index (χ1n) is 8.43. The summed E-state index contributed by atoms with van der Waals surface area (Å²) in [5, 5.41) is 6.26. The molecule has 27 heavy (non-hydrogen) atoms. The maximum absolute atomic E-state index is 5.44. The Kier molecular flexibility index (Phi) is 4.73. The zero-order chi connectivity index (χ0) is 18.5. The van der Waals surface area contributed by atoms with E-state index in [1.807, 2.05) is 37.3 Å². The molecule has 0 aliphatic carbocycles. The zero-order valence-electron chi connectivity index (χ0n) is 14.6. The van der Waals surface area contributed by atoms with Gasteiger partial charge in [-0.1, -0.05) is 0 Å². The normalized spacial score (nSPS) is 10.7. The number of furan rings is 1. The molecule has 9 nitrogen and oxygen atoms in total. The first kappa shape index (κ1) is 16.7. The minimum Gasteiger partial charge on any atom is -0.467 e. The molecule has 0 bridgehead atoms. The summed E-state index contributed by atoms with van der Waals surface area (Å²) < 4.78 is 10.8. The molecule has 3 aromatic heterocycles. The van der Waals surface area contributed by atoms with Gasteiger partial charge < -0.3 is 19.8 Å². The van der Waals surface area contributed by atoms with Crippen LogP contribution in [0.1, 0.15) is 12.7 Å². The molecule has 0 unspecified atom stereocenters. The highest BCUT2D eigenvalue weighted by Gasteiger charge is 2.09. The van der Waals surface area contributed by atoms with Gasteiger partial charge in [0.1, 0.15) is 5.76 Å². The van der Waals surface area contributed by atoms with Gasteiger partial charge in [0, 0.05) is 18.1 Å². The lowest BCUT2D eigenvalue weighted by Gasteiger charge is -2.10. The molecule has 0 fully saturated rings. The quantitative estimate of drug-likeness (QED) is 0.511. The largest absolute Gasteiger partial charge is 0.467 e. The Labute approximate surface area is 154 Å². The highest BCUT2D eigenvalue weighted by atomic mass is 16.5. The van der Waals surface area contributed by atoms with E-state index in [1.54, 1.807) is 18.7 Å². The molecule has 4 aromatic rings. The summed E-state index contributed by atoms with van der Waals surface area (Å²) in [5.74, 6) is 1.52. The van der Waals surface area contributed by atoms with Crippen molar-refractivity contribution >= 4 is 28.6 Å². The number of nitrogens with one attached hydrogen (secondary N) is 2. The van der Waals surface area contributed by atoms with Gasteiger partial charge in [-0.05, 0) is 37.3 Å². The van der Waals surface area contributed by atoms with Crippen LogP contribution < -0.4 is 15.4 Å². The smallest absolute Gasteiger partial charge is 0.323 e. The third-order valence-corrected chi connectivity index (χ3v) is 3.61. The molecule has 0 spiro atoms. The number of aromatic nitrogens is 5. The van der Waals surface area contributed by atoms with Crippen LogP contribution in [0.3, 0.4) is 0 Å². The predicted molar refractivity (Wildman–Crippen MR) is 99.9 cm³/mol. The third kappa shape index (κ3) is 4.09. The highest BCUT2D eigenvalue weighted by molar-refractivity contribution is 5.79. The van der Waals surface area contributed by atoms with Gasteiger partial charge in [0.2, 0.25) is 11.9 Å². The number of benzene rings is 1. The molecule has 3 heterocycles. The van der Waals surface area contributed by atoms with E-state index in [0.717, 1.165) is 22.5 Å². The van der Waals surface area contributed by atoms with E-state index in [9.17, 15) is 0 Å². The van der Waals surface area contributed by atoms with Crippen molar-refractivity contribution in [2.24, 2.45) is 0 Å². The van der Waals surface area contributed by atoms with Gasteiger partial charge in [-0.25, -0.2) is 0 Å². The molecule has 0 amide bonds. The average molecular weight is 363 g/mol. The van der Waals surface area contributed by atoms with Crippen molar-refractivity contribution in [3.63, 3.8) is 0 Å². The van der Waals surface area contributed by atoms with E-state index in [2.05, 4.69) is 35.6 Å². The minimum absolute atomic E-state index is 0.234. The summed E-state index contributed by atoms with van der Waals surface area (Å²) in [6.07, 6.45) is 4.93. The lowest BCUT2D eigenvalue weighted by molar-refractivity contribution is 0.312. The number of nitrogens with zero attached hydrogens (tertiary/aromatic N) is 5. The molecule has 9 heteroatoms. The summed E-state index contributed by atoms with van der Waals surface area (Å²) in [6, 6.07) is 9.57. The lowest BCUT2D eigenvalue weighted by Crippen LogP contribution is -2.09.